The molecule has 0 saturated carbocycles. The molecule has 0 spiro atoms. The van der Waals surface area contributed by atoms with E-state index < -0.39 is 0 Å². The average molecular weight is 404 g/mol. The van der Waals surface area contributed by atoms with Crippen molar-refractivity contribution in [2.75, 3.05) is 27.3 Å². The Hall–Kier alpha value is -1.88. The fourth-order valence-corrected chi connectivity index (χ4v) is 3.88. The number of carbonyl (C=O) groups is 1. The van der Waals surface area contributed by atoms with Gasteiger partial charge in [0.25, 0.3) is 0 Å². The van der Waals surface area contributed by atoms with Crippen molar-refractivity contribution < 1.29 is 14.3 Å². The molecule has 1 aliphatic rings. The van der Waals surface area contributed by atoms with Crippen molar-refractivity contribution in [3.05, 3.63) is 65.7 Å². The molecule has 0 aromatic heterocycles. The van der Waals surface area contributed by atoms with Crippen molar-refractivity contribution in [1.29, 1.82) is 0 Å². The van der Waals surface area contributed by atoms with Gasteiger partial charge in [-0.2, -0.15) is 0 Å². The van der Waals surface area contributed by atoms with Crippen LogP contribution in [0.2, 0.25) is 0 Å². The Labute approximate surface area is 174 Å². The Morgan fingerprint density at radius 2 is 1.64 bits per heavy atom. The van der Waals surface area contributed by atoms with Crippen LogP contribution in [0.15, 0.2) is 54.6 Å². The minimum absolute atomic E-state index is 0. The summed E-state index contributed by atoms with van der Waals surface area (Å²) in [4.78, 5) is 15.1. The normalized spacial score (nSPS) is 17.4. The zero-order valence-electron chi connectivity index (χ0n) is 16.9. The van der Waals surface area contributed by atoms with E-state index in [1.54, 1.807) is 14.2 Å². The molecular formula is C23H30ClNO3. The Kier molecular flexibility index (Phi) is 8.05. The Morgan fingerprint density at radius 3 is 2.18 bits per heavy atom. The number of rotatable bonds is 7. The van der Waals surface area contributed by atoms with E-state index in [4.69, 9.17) is 9.47 Å². The van der Waals surface area contributed by atoms with Crippen molar-refractivity contribution in [3.63, 3.8) is 0 Å². The number of ether oxygens (including phenoxy) is 2. The van der Waals surface area contributed by atoms with E-state index in [1.165, 1.54) is 5.56 Å². The SMILES string of the molecule is COc1ccc(C(C)N2CCC(CC(=O)c3ccccc3)(OC)CC2)cc1.Cl. The van der Waals surface area contributed by atoms with Gasteiger partial charge in [-0.05, 0) is 37.5 Å². The summed E-state index contributed by atoms with van der Waals surface area (Å²) >= 11 is 0. The van der Waals surface area contributed by atoms with Crippen LogP contribution in [0.5, 0.6) is 5.75 Å². The summed E-state index contributed by atoms with van der Waals surface area (Å²) < 4.78 is 11.1. The molecule has 1 unspecified atom stereocenters. The number of halogens is 1. The van der Waals surface area contributed by atoms with Crippen molar-refractivity contribution >= 4 is 18.2 Å². The molecule has 0 amide bonds. The Morgan fingerprint density at radius 1 is 1.04 bits per heavy atom. The standard InChI is InChI=1S/C23H29NO3.ClH/c1-18(19-9-11-21(26-2)12-10-19)24-15-13-23(27-3,14-16-24)17-22(25)20-7-5-4-6-8-20;/h4-12,18H,13-17H2,1-3H3;1H. The van der Waals surface area contributed by atoms with Gasteiger partial charge in [-0.15, -0.1) is 12.4 Å². The lowest BCUT2D eigenvalue weighted by molar-refractivity contribution is -0.0624. The van der Waals surface area contributed by atoms with Crippen molar-refractivity contribution in [3.8, 4) is 5.75 Å². The summed E-state index contributed by atoms with van der Waals surface area (Å²) in [5.74, 6) is 1.04. The molecule has 0 aliphatic carbocycles. The third-order valence-corrected chi connectivity index (χ3v) is 5.87. The van der Waals surface area contributed by atoms with Crippen LogP contribution in [0, 0.1) is 0 Å². The van der Waals surface area contributed by atoms with E-state index in [1.807, 2.05) is 42.5 Å². The molecule has 28 heavy (non-hydrogen) atoms. The van der Waals surface area contributed by atoms with Crippen LogP contribution in [-0.2, 0) is 4.74 Å². The number of methoxy groups -OCH3 is 2. The van der Waals surface area contributed by atoms with Gasteiger partial charge in [-0.1, -0.05) is 42.5 Å². The highest BCUT2D eigenvalue weighted by Gasteiger charge is 2.38. The molecule has 0 N–H and O–H groups in total. The van der Waals surface area contributed by atoms with Crippen LogP contribution in [0.4, 0.5) is 0 Å². The van der Waals surface area contributed by atoms with Gasteiger partial charge in [0.1, 0.15) is 5.75 Å². The van der Waals surface area contributed by atoms with Gasteiger partial charge in [0.2, 0.25) is 0 Å². The quantitative estimate of drug-likeness (QED) is 0.614. The smallest absolute Gasteiger partial charge is 0.165 e. The highest BCUT2D eigenvalue weighted by molar-refractivity contribution is 5.96. The Balaban J connectivity index is 0.00000280. The summed E-state index contributed by atoms with van der Waals surface area (Å²) in [5, 5.41) is 0. The van der Waals surface area contributed by atoms with E-state index in [9.17, 15) is 4.79 Å². The molecule has 1 atom stereocenters. The summed E-state index contributed by atoms with van der Waals surface area (Å²) in [6.07, 6.45) is 2.17. The lowest BCUT2D eigenvalue weighted by atomic mass is 9.84. The number of likely N-dealkylation sites (tertiary alicyclic amines) is 1. The minimum atomic E-state index is -0.358. The van der Waals surface area contributed by atoms with Crippen molar-refractivity contribution in [2.45, 2.75) is 37.8 Å². The molecule has 0 bridgehead atoms. The first-order chi connectivity index (χ1) is 13.1. The van der Waals surface area contributed by atoms with E-state index in [0.29, 0.717) is 12.5 Å². The summed E-state index contributed by atoms with van der Waals surface area (Å²) in [6, 6.07) is 18.1. The monoisotopic (exact) mass is 403 g/mol. The van der Waals surface area contributed by atoms with Crippen LogP contribution < -0.4 is 4.74 Å². The first-order valence-electron chi connectivity index (χ1n) is 9.58. The second-order valence-corrected chi connectivity index (χ2v) is 7.34. The number of Topliss-reactive ketones (excluding diaryl/α,β-unsaturated/α-hetero) is 1. The molecule has 5 heteroatoms. The second kappa shape index (κ2) is 10.1. The molecular weight excluding hydrogens is 374 g/mol. The van der Waals surface area contributed by atoms with E-state index in [-0.39, 0.29) is 23.8 Å². The summed E-state index contributed by atoms with van der Waals surface area (Å²) in [5.41, 5.74) is 1.69. The van der Waals surface area contributed by atoms with Crippen molar-refractivity contribution in [2.24, 2.45) is 0 Å². The van der Waals surface area contributed by atoms with Gasteiger partial charge in [0.05, 0.1) is 12.7 Å². The molecule has 2 aromatic rings. The zero-order valence-corrected chi connectivity index (χ0v) is 17.7. The summed E-state index contributed by atoms with van der Waals surface area (Å²) in [7, 11) is 3.42. The molecule has 1 heterocycles. The topological polar surface area (TPSA) is 38.8 Å². The van der Waals surface area contributed by atoms with Crippen LogP contribution >= 0.6 is 12.4 Å². The maximum absolute atomic E-state index is 12.7. The van der Waals surface area contributed by atoms with E-state index >= 15 is 0 Å². The van der Waals surface area contributed by atoms with E-state index in [0.717, 1.165) is 37.2 Å². The van der Waals surface area contributed by atoms with Crippen LogP contribution in [0.1, 0.15) is 48.1 Å². The largest absolute Gasteiger partial charge is 0.497 e. The number of carbonyl (C=O) groups excluding carboxylic acids is 1. The Bertz CT molecular complexity index is 740. The maximum atomic E-state index is 12.7. The van der Waals surface area contributed by atoms with Crippen LogP contribution in [0.3, 0.4) is 0 Å². The first kappa shape index (κ1) is 22.4. The molecule has 1 fully saturated rings. The predicted molar refractivity (Wildman–Crippen MR) is 115 cm³/mol. The van der Waals surface area contributed by atoms with Gasteiger partial charge < -0.3 is 9.47 Å². The van der Waals surface area contributed by atoms with Gasteiger partial charge >= 0.3 is 0 Å². The molecule has 0 radical (unpaired) electrons. The van der Waals surface area contributed by atoms with Crippen LogP contribution in [-0.4, -0.2) is 43.6 Å². The van der Waals surface area contributed by atoms with E-state index in [2.05, 4.69) is 24.0 Å². The molecule has 4 nitrogen and oxygen atoms in total. The van der Waals surface area contributed by atoms with Crippen LogP contribution in [0.25, 0.3) is 0 Å². The average Bonchev–Trinajstić information content (AvgIpc) is 2.74. The number of benzene rings is 2. The van der Waals surface area contributed by atoms with Gasteiger partial charge in [-0.3, -0.25) is 9.69 Å². The third-order valence-electron chi connectivity index (χ3n) is 5.87. The van der Waals surface area contributed by atoms with Gasteiger partial charge in [0.15, 0.2) is 5.78 Å². The number of ketones is 1. The lowest BCUT2D eigenvalue weighted by Crippen LogP contribution is -2.47. The van der Waals surface area contributed by atoms with Crippen molar-refractivity contribution in [1.82, 2.24) is 4.90 Å². The molecule has 3 rings (SSSR count). The van der Waals surface area contributed by atoms with Gasteiger partial charge in [0, 0.05) is 38.2 Å². The molecule has 2 aromatic carbocycles. The molecule has 152 valence electrons. The maximum Gasteiger partial charge on any atom is 0.165 e. The second-order valence-electron chi connectivity index (χ2n) is 7.34. The number of piperidine rings is 1. The third kappa shape index (κ3) is 5.13. The number of nitrogens with zero attached hydrogens (tertiary/aromatic N) is 1. The summed E-state index contributed by atoms with van der Waals surface area (Å²) in [6.45, 7) is 4.07. The fraction of sp³-hybridized carbons (Fsp3) is 0.435. The molecule has 1 aliphatic heterocycles. The first-order valence-corrected chi connectivity index (χ1v) is 9.58. The highest BCUT2D eigenvalue weighted by atomic mass is 35.5. The highest BCUT2D eigenvalue weighted by Crippen LogP contribution is 2.34. The van der Waals surface area contributed by atoms with Gasteiger partial charge in [-0.25, -0.2) is 0 Å². The number of hydrogen-bond donors (Lipinski definition) is 0. The molecule has 1 saturated heterocycles. The predicted octanol–water partition coefficient (Wildman–Crippen LogP) is 4.93. The minimum Gasteiger partial charge on any atom is -0.497 e. The lowest BCUT2D eigenvalue weighted by Gasteiger charge is -2.43. The number of hydrogen-bond acceptors (Lipinski definition) is 4. The fourth-order valence-electron chi connectivity index (χ4n) is 3.88. The zero-order chi connectivity index (χ0) is 19.3.